The van der Waals surface area contributed by atoms with Crippen LogP contribution in [-0.2, 0) is 16.0 Å². The molecule has 0 fully saturated rings. The minimum absolute atomic E-state index is 0.00216. The molecule has 3 rings (SSSR count). The molecule has 2 aromatic rings. The minimum atomic E-state index is -0.542. The Morgan fingerprint density at radius 2 is 1.96 bits per heavy atom. The Hall–Kier alpha value is -2.82. The number of rotatable bonds is 7. The molecule has 1 unspecified atom stereocenters. The number of carbonyl (C=O) groups excluding carboxylic acids is 2. The Bertz CT molecular complexity index is 804. The summed E-state index contributed by atoms with van der Waals surface area (Å²) in [5.74, 6) is 0.583. The van der Waals surface area contributed by atoms with Crippen LogP contribution in [0.5, 0.6) is 5.75 Å². The molecule has 1 N–H and O–H groups in total. The lowest BCUT2D eigenvalue weighted by atomic mass is 10.1. The van der Waals surface area contributed by atoms with Crippen LogP contribution in [0.1, 0.15) is 38.7 Å². The summed E-state index contributed by atoms with van der Waals surface area (Å²) < 4.78 is 5.79. The molecular formula is C22H26N2O3. The van der Waals surface area contributed by atoms with Crippen molar-refractivity contribution in [1.82, 2.24) is 0 Å². The highest BCUT2D eigenvalue weighted by Gasteiger charge is 2.31. The Kier molecular flexibility index (Phi) is 6.12. The highest BCUT2D eigenvalue weighted by Crippen LogP contribution is 2.36. The highest BCUT2D eigenvalue weighted by molar-refractivity contribution is 6.00. The summed E-state index contributed by atoms with van der Waals surface area (Å²) >= 11 is 0. The number of hydrogen-bond acceptors (Lipinski definition) is 3. The fourth-order valence-corrected chi connectivity index (χ4v) is 3.17. The number of nitrogens with zero attached hydrogens (tertiary/aromatic N) is 1. The van der Waals surface area contributed by atoms with Gasteiger partial charge in [0.2, 0.25) is 5.91 Å². The van der Waals surface area contributed by atoms with E-state index in [1.54, 1.807) is 17.9 Å². The monoisotopic (exact) mass is 366 g/mol. The molecule has 142 valence electrons. The second-order valence-corrected chi connectivity index (χ2v) is 6.82. The van der Waals surface area contributed by atoms with Gasteiger partial charge in [-0.25, -0.2) is 0 Å². The summed E-state index contributed by atoms with van der Waals surface area (Å²) in [6.07, 6.45) is 2.59. The van der Waals surface area contributed by atoms with Crippen molar-refractivity contribution in [3.05, 3.63) is 54.1 Å². The van der Waals surface area contributed by atoms with E-state index in [2.05, 4.69) is 24.4 Å². The molecule has 5 heteroatoms. The number of unbranched alkanes of at least 4 members (excludes halogenated alkanes) is 1. The van der Waals surface area contributed by atoms with Crippen molar-refractivity contribution in [2.24, 2.45) is 0 Å². The first-order valence-corrected chi connectivity index (χ1v) is 9.54. The highest BCUT2D eigenvalue weighted by atomic mass is 16.5. The Morgan fingerprint density at radius 1 is 1.19 bits per heavy atom. The molecule has 0 saturated carbocycles. The predicted octanol–water partition coefficient (Wildman–Crippen LogP) is 4.17. The molecule has 0 spiro atoms. The van der Waals surface area contributed by atoms with Crippen LogP contribution in [0.2, 0.25) is 0 Å². The van der Waals surface area contributed by atoms with Crippen LogP contribution in [-0.4, -0.2) is 24.5 Å². The van der Waals surface area contributed by atoms with Gasteiger partial charge in [-0.2, -0.15) is 0 Å². The molecule has 2 amide bonds. The summed E-state index contributed by atoms with van der Waals surface area (Å²) in [6.45, 7) is 4.40. The van der Waals surface area contributed by atoms with Crippen LogP contribution in [0, 0.1) is 0 Å². The van der Waals surface area contributed by atoms with E-state index in [9.17, 15) is 9.59 Å². The topological polar surface area (TPSA) is 58.6 Å². The van der Waals surface area contributed by atoms with Crippen molar-refractivity contribution >= 4 is 23.2 Å². The fraction of sp³-hybridized carbons (Fsp3) is 0.364. The standard InChI is InChI=1S/C22H26N2O3/c1-3-4-10-21(25)23-18-11-12-19-20(15-18)27-16(2)22(26)24(19)14-13-17-8-6-5-7-9-17/h5-9,11-12,15-16H,3-4,10,13-14H2,1-2H3,(H,23,25). The number of fused-ring (bicyclic) bond motifs is 1. The summed E-state index contributed by atoms with van der Waals surface area (Å²) in [6, 6.07) is 15.6. The molecule has 1 aliphatic heterocycles. The molecule has 27 heavy (non-hydrogen) atoms. The molecule has 0 radical (unpaired) electrons. The molecule has 0 bridgehead atoms. The average Bonchev–Trinajstić information content (AvgIpc) is 2.67. The van der Waals surface area contributed by atoms with Crippen molar-refractivity contribution in [3.8, 4) is 5.75 Å². The third-order valence-electron chi connectivity index (χ3n) is 4.68. The van der Waals surface area contributed by atoms with Gasteiger partial charge < -0.3 is 15.0 Å². The molecule has 1 heterocycles. The lowest BCUT2D eigenvalue weighted by Crippen LogP contribution is -2.45. The zero-order valence-electron chi connectivity index (χ0n) is 15.9. The van der Waals surface area contributed by atoms with Gasteiger partial charge in [-0.1, -0.05) is 43.7 Å². The van der Waals surface area contributed by atoms with Gasteiger partial charge in [-0.15, -0.1) is 0 Å². The summed E-state index contributed by atoms with van der Waals surface area (Å²) in [7, 11) is 0. The van der Waals surface area contributed by atoms with E-state index in [0.29, 0.717) is 24.4 Å². The SMILES string of the molecule is CCCCC(=O)Nc1ccc2c(c1)OC(C)C(=O)N2CCc1ccccc1. The van der Waals surface area contributed by atoms with Crippen molar-refractivity contribution in [1.29, 1.82) is 0 Å². The number of amides is 2. The van der Waals surface area contributed by atoms with Gasteiger partial charge in [-0.05, 0) is 37.5 Å². The maximum Gasteiger partial charge on any atom is 0.267 e. The molecule has 2 aromatic carbocycles. The third-order valence-corrected chi connectivity index (χ3v) is 4.68. The number of nitrogens with one attached hydrogen (secondary N) is 1. The van der Waals surface area contributed by atoms with E-state index in [4.69, 9.17) is 4.74 Å². The molecule has 1 aliphatic rings. The number of anilines is 2. The van der Waals surface area contributed by atoms with E-state index < -0.39 is 6.10 Å². The first kappa shape index (κ1) is 19.0. The second kappa shape index (κ2) is 8.71. The maximum atomic E-state index is 12.6. The van der Waals surface area contributed by atoms with Gasteiger partial charge in [0.1, 0.15) is 5.75 Å². The van der Waals surface area contributed by atoms with Gasteiger partial charge >= 0.3 is 0 Å². The maximum absolute atomic E-state index is 12.6. The normalized spacial score (nSPS) is 15.9. The molecule has 5 nitrogen and oxygen atoms in total. The van der Waals surface area contributed by atoms with Crippen LogP contribution in [0.15, 0.2) is 48.5 Å². The van der Waals surface area contributed by atoms with Gasteiger partial charge in [0, 0.05) is 24.7 Å². The quantitative estimate of drug-likeness (QED) is 0.800. The van der Waals surface area contributed by atoms with Gasteiger partial charge in [-0.3, -0.25) is 9.59 Å². The Morgan fingerprint density at radius 3 is 2.70 bits per heavy atom. The van der Waals surface area contributed by atoms with Crippen LogP contribution in [0.25, 0.3) is 0 Å². The first-order chi connectivity index (χ1) is 13.1. The third kappa shape index (κ3) is 4.67. The fourth-order valence-electron chi connectivity index (χ4n) is 3.17. The van der Waals surface area contributed by atoms with Crippen LogP contribution in [0.3, 0.4) is 0 Å². The summed E-state index contributed by atoms with van der Waals surface area (Å²) in [4.78, 5) is 26.4. The summed E-state index contributed by atoms with van der Waals surface area (Å²) in [5.41, 5.74) is 2.63. The summed E-state index contributed by atoms with van der Waals surface area (Å²) in [5, 5.41) is 2.90. The zero-order chi connectivity index (χ0) is 19.2. The van der Waals surface area contributed by atoms with E-state index >= 15 is 0 Å². The number of hydrogen-bond donors (Lipinski definition) is 1. The first-order valence-electron chi connectivity index (χ1n) is 9.54. The smallest absolute Gasteiger partial charge is 0.267 e. The van der Waals surface area contributed by atoms with E-state index in [-0.39, 0.29) is 11.8 Å². The Labute approximate surface area is 160 Å². The number of benzene rings is 2. The molecule has 0 saturated heterocycles. The van der Waals surface area contributed by atoms with E-state index in [1.807, 2.05) is 30.3 Å². The predicted molar refractivity (Wildman–Crippen MR) is 107 cm³/mol. The van der Waals surface area contributed by atoms with Crippen molar-refractivity contribution < 1.29 is 14.3 Å². The number of carbonyl (C=O) groups is 2. The van der Waals surface area contributed by atoms with Crippen molar-refractivity contribution in [2.45, 2.75) is 45.6 Å². The van der Waals surface area contributed by atoms with Crippen molar-refractivity contribution in [2.75, 3.05) is 16.8 Å². The molecule has 0 aliphatic carbocycles. The van der Waals surface area contributed by atoms with Crippen molar-refractivity contribution in [3.63, 3.8) is 0 Å². The average molecular weight is 366 g/mol. The molecule has 1 atom stereocenters. The Balaban J connectivity index is 1.75. The van der Waals surface area contributed by atoms with Crippen LogP contribution < -0.4 is 15.0 Å². The minimum Gasteiger partial charge on any atom is -0.479 e. The van der Waals surface area contributed by atoms with E-state index in [0.717, 1.165) is 24.9 Å². The largest absolute Gasteiger partial charge is 0.479 e. The van der Waals surface area contributed by atoms with Crippen LogP contribution in [0.4, 0.5) is 11.4 Å². The van der Waals surface area contributed by atoms with E-state index in [1.165, 1.54) is 5.56 Å². The lowest BCUT2D eigenvalue weighted by molar-refractivity contribution is -0.125. The lowest BCUT2D eigenvalue weighted by Gasteiger charge is -2.33. The molecule has 0 aromatic heterocycles. The molecular weight excluding hydrogens is 340 g/mol. The number of ether oxygens (including phenoxy) is 1. The van der Waals surface area contributed by atoms with Gasteiger partial charge in [0.05, 0.1) is 5.69 Å². The zero-order valence-corrected chi connectivity index (χ0v) is 15.9. The van der Waals surface area contributed by atoms with Gasteiger partial charge in [0.25, 0.3) is 5.91 Å². The van der Waals surface area contributed by atoms with Gasteiger partial charge in [0.15, 0.2) is 6.10 Å². The second-order valence-electron chi connectivity index (χ2n) is 6.82. The van der Waals surface area contributed by atoms with Crippen LogP contribution >= 0.6 is 0 Å².